The second kappa shape index (κ2) is 12.3. The minimum absolute atomic E-state index is 0.116. The first-order valence-corrected chi connectivity index (χ1v) is 14.0. The zero-order valence-electron chi connectivity index (χ0n) is 21.9. The van der Waals surface area contributed by atoms with Gasteiger partial charge in [0.25, 0.3) is 5.91 Å². The van der Waals surface area contributed by atoms with Gasteiger partial charge in [0, 0.05) is 49.6 Å². The van der Waals surface area contributed by atoms with Crippen LogP contribution in [0, 0.1) is 0 Å². The van der Waals surface area contributed by atoms with Crippen LogP contribution in [0.5, 0.6) is 5.75 Å². The van der Waals surface area contributed by atoms with E-state index in [4.69, 9.17) is 4.74 Å². The Bertz CT molecular complexity index is 1330. The molecule has 0 saturated carbocycles. The number of hydrogen-bond acceptors (Lipinski definition) is 6. The molecule has 1 aromatic heterocycles. The fourth-order valence-electron chi connectivity index (χ4n) is 4.62. The van der Waals surface area contributed by atoms with Crippen molar-refractivity contribution in [3.8, 4) is 11.4 Å². The van der Waals surface area contributed by atoms with E-state index in [-0.39, 0.29) is 5.91 Å². The van der Waals surface area contributed by atoms with Gasteiger partial charge in [-0.3, -0.25) is 9.36 Å². The Morgan fingerprint density at radius 1 is 0.868 bits per heavy atom. The molecule has 4 aromatic rings. The van der Waals surface area contributed by atoms with Gasteiger partial charge in [-0.2, -0.15) is 0 Å². The monoisotopic (exact) mass is 527 g/mol. The van der Waals surface area contributed by atoms with Crippen molar-refractivity contribution in [1.82, 2.24) is 24.6 Å². The average Bonchev–Trinajstić information content (AvgIpc) is 3.38. The molecule has 0 bridgehead atoms. The number of thioether (sulfide) groups is 1. The highest BCUT2D eigenvalue weighted by molar-refractivity contribution is 7.98. The van der Waals surface area contributed by atoms with Gasteiger partial charge in [0.05, 0.1) is 7.11 Å². The summed E-state index contributed by atoms with van der Waals surface area (Å²) in [5.41, 5.74) is 4.06. The first kappa shape index (κ1) is 26.0. The highest BCUT2D eigenvalue weighted by atomic mass is 32.2. The zero-order valence-corrected chi connectivity index (χ0v) is 22.7. The smallest absolute Gasteiger partial charge is 0.253 e. The van der Waals surface area contributed by atoms with Crippen LogP contribution >= 0.6 is 11.8 Å². The molecule has 1 aliphatic rings. The van der Waals surface area contributed by atoms with Crippen molar-refractivity contribution >= 4 is 17.7 Å². The van der Waals surface area contributed by atoms with Crippen molar-refractivity contribution in [3.63, 3.8) is 0 Å². The number of benzene rings is 3. The number of carbonyl (C=O) groups is 1. The summed E-state index contributed by atoms with van der Waals surface area (Å²) in [6.07, 6.45) is 0.684. The number of ether oxygens (including phenoxy) is 1. The molecule has 1 amide bonds. The van der Waals surface area contributed by atoms with Gasteiger partial charge in [-0.15, -0.1) is 10.2 Å². The van der Waals surface area contributed by atoms with Crippen LogP contribution in [0.1, 0.15) is 34.2 Å². The van der Waals surface area contributed by atoms with E-state index >= 15 is 0 Å². The third-order valence-electron chi connectivity index (χ3n) is 6.91. The van der Waals surface area contributed by atoms with E-state index in [1.54, 1.807) is 18.9 Å². The normalized spacial score (nSPS) is 14.0. The molecule has 1 fully saturated rings. The maximum absolute atomic E-state index is 13.0. The summed E-state index contributed by atoms with van der Waals surface area (Å²) in [4.78, 5) is 17.3. The molecule has 0 atom stereocenters. The van der Waals surface area contributed by atoms with Crippen molar-refractivity contribution in [3.05, 3.63) is 101 Å². The van der Waals surface area contributed by atoms with Crippen molar-refractivity contribution in [2.45, 2.75) is 24.3 Å². The molecule has 2 heterocycles. The first-order valence-electron chi connectivity index (χ1n) is 13.0. The van der Waals surface area contributed by atoms with Gasteiger partial charge in [-0.05, 0) is 54.1 Å². The minimum atomic E-state index is 0.116. The number of likely N-dealkylation sites (N-methyl/N-ethyl adjacent to an activating group) is 1. The molecule has 8 heteroatoms. The second-order valence-corrected chi connectivity index (χ2v) is 10.2. The average molecular weight is 528 g/mol. The van der Waals surface area contributed by atoms with Crippen LogP contribution in [0.3, 0.4) is 0 Å². The lowest BCUT2D eigenvalue weighted by atomic mass is 10.1. The molecule has 0 aliphatic carbocycles. The minimum Gasteiger partial charge on any atom is -0.497 e. The Morgan fingerprint density at radius 3 is 2.24 bits per heavy atom. The molecule has 0 unspecified atom stereocenters. The number of amides is 1. The first-order chi connectivity index (χ1) is 18.6. The Labute approximate surface area is 228 Å². The molecule has 1 saturated heterocycles. The van der Waals surface area contributed by atoms with E-state index in [0.29, 0.717) is 6.42 Å². The van der Waals surface area contributed by atoms with Crippen LogP contribution in [-0.4, -0.2) is 70.3 Å². The molecule has 196 valence electrons. The van der Waals surface area contributed by atoms with Crippen molar-refractivity contribution < 1.29 is 9.53 Å². The lowest BCUT2D eigenvalue weighted by Crippen LogP contribution is -2.48. The number of hydrogen-bond donors (Lipinski definition) is 0. The number of nitrogens with zero attached hydrogens (tertiary/aromatic N) is 5. The number of aromatic nitrogens is 3. The Hall–Kier alpha value is -3.62. The van der Waals surface area contributed by atoms with E-state index in [9.17, 15) is 4.79 Å². The van der Waals surface area contributed by atoms with Crippen LogP contribution in [0.2, 0.25) is 0 Å². The van der Waals surface area contributed by atoms with Gasteiger partial charge < -0.3 is 14.5 Å². The van der Waals surface area contributed by atoms with Crippen LogP contribution in [0.25, 0.3) is 5.69 Å². The molecule has 38 heavy (non-hydrogen) atoms. The number of piperazine rings is 1. The Balaban J connectivity index is 1.30. The van der Waals surface area contributed by atoms with E-state index in [1.807, 2.05) is 71.6 Å². The molecule has 7 nitrogen and oxygen atoms in total. The number of methoxy groups -OCH3 is 1. The maximum atomic E-state index is 13.0. The maximum Gasteiger partial charge on any atom is 0.253 e. The number of rotatable bonds is 9. The predicted molar refractivity (Wildman–Crippen MR) is 151 cm³/mol. The van der Waals surface area contributed by atoms with Crippen molar-refractivity contribution in [1.29, 1.82) is 0 Å². The van der Waals surface area contributed by atoms with Crippen molar-refractivity contribution in [2.75, 3.05) is 39.8 Å². The van der Waals surface area contributed by atoms with Gasteiger partial charge in [0.1, 0.15) is 11.6 Å². The summed E-state index contributed by atoms with van der Waals surface area (Å²) in [6, 6.07) is 26.2. The van der Waals surface area contributed by atoms with Crippen LogP contribution in [-0.2, 0) is 12.2 Å². The summed E-state index contributed by atoms with van der Waals surface area (Å²) in [6.45, 7) is 6.66. The second-order valence-electron chi connectivity index (χ2n) is 9.31. The third kappa shape index (κ3) is 6.09. The highest BCUT2D eigenvalue weighted by Crippen LogP contribution is 2.27. The van der Waals surface area contributed by atoms with Gasteiger partial charge in [0.15, 0.2) is 5.16 Å². The summed E-state index contributed by atoms with van der Waals surface area (Å²) >= 11 is 1.64. The summed E-state index contributed by atoms with van der Waals surface area (Å²) < 4.78 is 7.46. The summed E-state index contributed by atoms with van der Waals surface area (Å²) in [5, 5.41) is 9.93. The molecule has 3 aromatic carbocycles. The molecular weight excluding hydrogens is 494 g/mol. The molecule has 5 rings (SSSR count). The topological polar surface area (TPSA) is 63.5 Å². The van der Waals surface area contributed by atoms with Crippen LogP contribution in [0.15, 0.2) is 84.0 Å². The van der Waals surface area contributed by atoms with E-state index in [2.05, 4.69) is 38.7 Å². The fraction of sp³-hybridized carbons (Fsp3) is 0.300. The van der Waals surface area contributed by atoms with E-state index < -0.39 is 0 Å². The number of carbonyl (C=O) groups excluding carboxylic acids is 1. The SMILES string of the molecule is CCN1CCN(C(=O)c2ccc(CSc3nnc(Cc4ccccc4)n3-c3ccc(OC)cc3)cc2)CC1. The Kier molecular flexibility index (Phi) is 8.41. The molecule has 0 N–H and O–H groups in total. The lowest BCUT2D eigenvalue weighted by molar-refractivity contribution is 0.0643. The van der Waals surface area contributed by atoms with E-state index in [1.165, 1.54) is 5.56 Å². The molecule has 0 radical (unpaired) electrons. The largest absolute Gasteiger partial charge is 0.497 e. The van der Waals surface area contributed by atoms with Gasteiger partial charge in [0.2, 0.25) is 0 Å². The van der Waals surface area contributed by atoms with Crippen molar-refractivity contribution in [2.24, 2.45) is 0 Å². The Morgan fingerprint density at radius 2 is 1.58 bits per heavy atom. The van der Waals surface area contributed by atoms with Gasteiger partial charge in [-0.1, -0.05) is 61.2 Å². The zero-order chi connectivity index (χ0) is 26.3. The highest BCUT2D eigenvalue weighted by Gasteiger charge is 2.21. The standard InChI is InChI=1S/C30H33N5O2S/c1-3-33-17-19-34(20-18-33)29(36)25-11-9-24(10-12-25)22-38-30-32-31-28(21-23-7-5-4-6-8-23)35(30)26-13-15-27(37-2)16-14-26/h4-16H,3,17-22H2,1-2H3. The van der Waals surface area contributed by atoms with E-state index in [0.717, 1.165) is 72.0 Å². The third-order valence-corrected chi connectivity index (χ3v) is 7.91. The van der Waals surface area contributed by atoms with Crippen LogP contribution < -0.4 is 4.74 Å². The molecule has 0 spiro atoms. The van der Waals surface area contributed by atoms with Gasteiger partial charge in [-0.25, -0.2) is 0 Å². The molecular formula is C30H33N5O2S. The quantitative estimate of drug-likeness (QED) is 0.288. The van der Waals surface area contributed by atoms with Gasteiger partial charge >= 0.3 is 0 Å². The fourth-order valence-corrected chi connectivity index (χ4v) is 5.55. The molecule has 1 aliphatic heterocycles. The van der Waals surface area contributed by atoms with Crippen LogP contribution in [0.4, 0.5) is 0 Å². The predicted octanol–water partition coefficient (Wildman–Crippen LogP) is 4.94. The summed E-state index contributed by atoms with van der Waals surface area (Å²) in [7, 11) is 1.67. The summed E-state index contributed by atoms with van der Waals surface area (Å²) in [5.74, 6) is 2.53. The lowest BCUT2D eigenvalue weighted by Gasteiger charge is -2.34.